The quantitative estimate of drug-likeness (QED) is 0.893. The average Bonchev–Trinajstić information content (AvgIpc) is 2.27. The van der Waals surface area contributed by atoms with Crippen molar-refractivity contribution in [1.29, 1.82) is 0 Å². The molecule has 0 fully saturated rings. The first kappa shape index (κ1) is 13.1. The Balaban J connectivity index is 3.03. The highest BCUT2D eigenvalue weighted by atomic mass is 19.4. The van der Waals surface area contributed by atoms with Crippen LogP contribution < -0.4 is 14.8 Å². The van der Waals surface area contributed by atoms with Gasteiger partial charge in [0.25, 0.3) is 0 Å². The summed E-state index contributed by atoms with van der Waals surface area (Å²) in [6, 6.07) is 4.22. The molecule has 0 unspecified atom stereocenters. The highest BCUT2D eigenvalue weighted by Gasteiger charge is 2.39. The molecule has 0 spiro atoms. The molecule has 0 heterocycles. The summed E-state index contributed by atoms with van der Waals surface area (Å²) in [6.07, 6.45) is -4.95. The molecule has 0 aliphatic carbocycles. The van der Waals surface area contributed by atoms with E-state index in [1.807, 2.05) is 0 Å². The van der Waals surface area contributed by atoms with Crippen LogP contribution in [0.1, 0.15) is 0 Å². The van der Waals surface area contributed by atoms with Gasteiger partial charge in [-0.05, 0) is 12.1 Å². The van der Waals surface area contributed by atoms with E-state index in [9.17, 15) is 18.0 Å². The number of para-hydroxylation sites is 1. The van der Waals surface area contributed by atoms with Crippen molar-refractivity contribution in [2.45, 2.75) is 6.18 Å². The third kappa shape index (κ3) is 3.02. The van der Waals surface area contributed by atoms with E-state index in [1.165, 1.54) is 32.4 Å². The van der Waals surface area contributed by atoms with Crippen molar-refractivity contribution in [2.75, 3.05) is 19.5 Å². The van der Waals surface area contributed by atoms with Gasteiger partial charge in [0.1, 0.15) is 0 Å². The van der Waals surface area contributed by atoms with Crippen molar-refractivity contribution in [2.24, 2.45) is 0 Å². The minimum absolute atomic E-state index is 0.0348. The van der Waals surface area contributed by atoms with E-state index in [-0.39, 0.29) is 17.2 Å². The number of benzene rings is 1. The molecule has 1 aromatic carbocycles. The summed E-state index contributed by atoms with van der Waals surface area (Å²) in [5, 5.41) is 1.71. The molecule has 0 atom stereocenters. The van der Waals surface area contributed by atoms with Gasteiger partial charge < -0.3 is 14.8 Å². The second-order valence-electron chi connectivity index (χ2n) is 2.99. The van der Waals surface area contributed by atoms with Crippen molar-refractivity contribution in [1.82, 2.24) is 0 Å². The van der Waals surface area contributed by atoms with Crippen molar-refractivity contribution in [3.05, 3.63) is 18.2 Å². The molecule has 4 nitrogen and oxygen atoms in total. The molecule has 0 saturated heterocycles. The first-order chi connectivity index (χ1) is 7.90. The van der Waals surface area contributed by atoms with E-state index < -0.39 is 12.1 Å². The Morgan fingerprint density at radius 3 is 2.35 bits per heavy atom. The van der Waals surface area contributed by atoms with Crippen LogP contribution in [0.2, 0.25) is 0 Å². The zero-order valence-electron chi connectivity index (χ0n) is 9.09. The maximum Gasteiger partial charge on any atom is 0.471 e. The summed E-state index contributed by atoms with van der Waals surface area (Å²) in [5.41, 5.74) is -0.103. The van der Waals surface area contributed by atoms with Gasteiger partial charge in [-0.15, -0.1) is 0 Å². The molecule has 94 valence electrons. The average molecular weight is 249 g/mol. The van der Waals surface area contributed by atoms with E-state index >= 15 is 0 Å². The molecule has 1 N–H and O–H groups in total. The summed E-state index contributed by atoms with van der Waals surface area (Å²) < 4.78 is 46.0. The Hall–Kier alpha value is -1.92. The van der Waals surface area contributed by atoms with Gasteiger partial charge in [-0.1, -0.05) is 6.07 Å². The van der Waals surface area contributed by atoms with Gasteiger partial charge in [-0.2, -0.15) is 13.2 Å². The molecule has 0 radical (unpaired) electrons. The third-order valence-electron chi connectivity index (χ3n) is 1.91. The van der Waals surface area contributed by atoms with Gasteiger partial charge in [0, 0.05) is 0 Å². The van der Waals surface area contributed by atoms with E-state index in [1.54, 1.807) is 5.32 Å². The number of methoxy groups -OCH3 is 2. The van der Waals surface area contributed by atoms with Crippen molar-refractivity contribution in [3.63, 3.8) is 0 Å². The smallest absolute Gasteiger partial charge is 0.471 e. The molecular formula is C10H10F3NO3. The molecule has 0 aliphatic rings. The molecule has 0 aliphatic heterocycles. The van der Waals surface area contributed by atoms with Gasteiger partial charge in [0.15, 0.2) is 11.5 Å². The van der Waals surface area contributed by atoms with Crippen molar-refractivity contribution < 1.29 is 27.4 Å². The van der Waals surface area contributed by atoms with Crippen LogP contribution in [0.3, 0.4) is 0 Å². The Bertz CT molecular complexity index is 418. The van der Waals surface area contributed by atoms with E-state index in [2.05, 4.69) is 0 Å². The summed E-state index contributed by atoms with van der Waals surface area (Å²) in [4.78, 5) is 10.8. The predicted molar refractivity (Wildman–Crippen MR) is 54.2 cm³/mol. The van der Waals surface area contributed by atoms with Gasteiger partial charge in [0.2, 0.25) is 0 Å². The van der Waals surface area contributed by atoms with Crippen LogP contribution in [-0.4, -0.2) is 26.3 Å². The highest BCUT2D eigenvalue weighted by Crippen LogP contribution is 2.35. The van der Waals surface area contributed by atoms with Crippen LogP contribution in [0, 0.1) is 0 Å². The first-order valence-electron chi connectivity index (χ1n) is 4.49. The molecule has 7 heteroatoms. The minimum atomic E-state index is -4.95. The summed E-state index contributed by atoms with van der Waals surface area (Å²) in [5.74, 6) is -1.80. The number of amides is 1. The normalized spacial score (nSPS) is 10.9. The molecular weight excluding hydrogens is 239 g/mol. The van der Waals surface area contributed by atoms with Gasteiger partial charge in [-0.25, -0.2) is 0 Å². The second-order valence-corrected chi connectivity index (χ2v) is 2.99. The number of alkyl halides is 3. The van der Waals surface area contributed by atoms with Crippen LogP contribution in [0.15, 0.2) is 18.2 Å². The number of halogens is 3. The maximum absolute atomic E-state index is 12.1. The lowest BCUT2D eigenvalue weighted by Crippen LogP contribution is -2.30. The number of hydrogen-bond donors (Lipinski definition) is 1. The maximum atomic E-state index is 12.1. The molecule has 0 saturated carbocycles. The fourth-order valence-corrected chi connectivity index (χ4v) is 1.18. The molecule has 17 heavy (non-hydrogen) atoms. The Morgan fingerprint density at radius 1 is 1.24 bits per heavy atom. The van der Waals surface area contributed by atoms with E-state index in [4.69, 9.17) is 9.47 Å². The van der Waals surface area contributed by atoms with Crippen LogP contribution >= 0.6 is 0 Å². The standard InChI is InChI=1S/C10H10F3NO3/c1-16-7-5-3-4-6(8(7)17-2)14-9(15)10(11,12)13/h3-5H,1-2H3,(H,14,15). The largest absolute Gasteiger partial charge is 0.493 e. The molecule has 0 bridgehead atoms. The fraction of sp³-hybridized carbons (Fsp3) is 0.300. The number of ether oxygens (including phenoxy) is 2. The molecule has 1 rings (SSSR count). The Labute approximate surface area is 95.3 Å². The number of carbonyl (C=O) groups excluding carboxylic acids is 1. The first-order valence-corrected chi connectivity index (χ1v) is 4.49. The summed E-state index contributed by atoms with van der Waals surface area (Å²) >= 11 is 0. The number of anilines is 1. The number of rotatable bonds is 3. The summed E-state index contributed by atoms with van der Waals surface area (Å²) in [7, 11) is 2.61. The number of carbonyl (C=O) groups is 1. The Morgan fingerprint density at radius 2 is 1.88 bits per heavy atom. The lowest BCUT2D eigenvalue weighted by atomic mass is 10.2. The second kappa shape index (κ2) is 4.94. The minimum Gasteiger partial charge on any atom is -0.493 e. The highest BCUT2D eigenvalue weighted by molar-refractivity contribution is 5.96. The van der Waals surface area contributed by atoms with E-state index in [0.717, 1.165) is 0 Å². The van der Waals surface area contributed by atoms with Crippen molar-refractivity contribution >= 4 is 11.6 Å². The van der Waals surface area contributed by atoms with Gasteiger partial charge >= 0.3 is 12.1 Å². The van der Waals surface area contributed by atoms with E-state index in [0.29, 0.717) is 0 Å². The fourth-order valence-electron chi connectivity index (χ4n) is 1.18. The topological polar surface area (TPSA) is 47.6 Å². The monoisotopic (exact) mass is 249 g/mol. The predicted octanol–water partition coefficient (Wildman–Crippen LogP) is 2.20. The molecule has 1 amide bonds. The van der Waals surface area contributed by atoms with Crippen molar-refractivity contribution in [3.8, 4) is 11.5 Å². The zero-order valence-corrected chi connectivity index (χ0v) is 9.09. The summed E-state index contributed by atoms with van der Waals surface area (Å²) in [6.45, 7) is 0. The molecule has 1 aromatic rings. The lowest BCUT2D eigenvalue weighted by molar-refractivity contribution is -0.167. The third-order valence-corrected chi connectivity index (χ3v) is 1.91. The number of nitrogens with one attached hydrogen (secondary N) is 1. The van der Waals surface area contributed by atoms with Gasteiger partial charge in [-0.3, -0.25) is 4.79 Å². The van der Waals surface area contributed by atoms with Crippen LogP contribution in [0.5, 0.6) is 11.5 Å². The number of hydrogen-bond acceptors (Lipinski definition) is 3. The van der Waals surface area contributed by atoms with Crippen LogP contribution in [-0.2, 0) is 4.79 Å². The van der Waals surface area contributed by atoms with Gasteiger partial charge in [0.05, 0.1) is 19.9 Å². The SMILES string of the molecule is COc1cccc(NC(=O)C(F)(F)F)c1OC. The zero-order chi connectivity index (χ0) is 13.1. The van der Waals surface area contributed by atoms with Crippen LogP contribution in [0.25, 0.3) is 0 Å². The van der Waals surface area contributed by atoms with Crippen LogP contribution in [0.4, 0.5) is 18.9 Å². The molecule has 0 aromatic heterocycles. The lowest BCUT2D eigenvalue weighted by Gasteiger charge is -2.14. The Kier molecular flexibility index (Phi) is 3.82.